The molecule has 0 unspecified atom stereocenters. The first kappa shape index (κ1) is 27.2. The monoisotopic (exact) mass is 601 g/mol. The maximum atomic E-state index is 13.4. The zero-order chi connectivity index (χ0) is 26.7. The van der Waals surface area contributed by atoms with Crippen LogP contribution >= 0.6 is 39.1 Å². The third-order valence-electron chi connectivity index (χ3n) is 5.46. The zero-order valence-electron chi connectivity index (χ0n) is 20.9. The predicted octanol–water partition coefficient (Wildman–Crippen LogP) is 7.62. The van der Waals surface area contributed by atoms with Crippen LogP contribution in [0.15, 0.2) is 69.0 Å². The molecule has 0 N–H and O–H groups in total. The molecule has 0 aliphatic heterocycles. The molecule has 0 radical (unpaired) electrons. The maximum Gasteiger partial charge on any atom is 0.282 e. The van der Waals surface area contributed by atoms with Crippen LogP contribution in [-0.2, 0) is 12.0 Å². The lowest BCUT2D eigenvalue weighted by Crippen LogP contribution is -2.29. The lowest BCUT2D eigenvalue weighted by Gasteiger charge is -2.21. The average molecular weight is 603 g/mol. The number of halogens is 3. The summed E-state index contributed by atoms with van der Waals surface area (Å²) in [4.78, 5) is 18.2. The minimum Gasteiger partial charge on any atom is -0.490 e. The fourth-order valence-electron chi connectivity index (χ4n) is 3.70. The highest BCUT2D eigenvalue weighted by atomic mass is 79.9. The molecule has 6 nitrogen and oxygen atoms in total. The molecule has 37 heavy (non-hydrogen) atoms. The molecular weight excluding hydrogens is 577 g/mol. The summed E-state index contributed by atoms with van der Waals surface area (Å²) in [6.07, 6.45) is 1.56. The van der Waals surface area contributed by atoms with Crippen molar-refractivity contribution in [2.75, 3.05) is 6.61 Å². The van der Waals surface area contributed by atoms with Gasteiger partial charge < -0.3 is 9.47 Å². The van der Waals surface area contributed by atoms with Crippen LogP contribution in [0.5, 0.6) is 11.5 Å². The third kappa shape index (κ3) is 6.17. The van der Waals surface area contributed by atoms with Crippen molar-refractivity contribution >= 4 is 56.2 Å². The number of ether oxygens (including phenoxy) is 2. The van der Waals surface area contributed by atoms with Crippen molar-refractivity contribution in [2.45, 2.75) is 39.7 Å². The molecule has 0 amide bonds. The minimum atomic E-state index is -0.428. The molecule has 0 saturated heterocycles. The molecule has 4 aromatic rings. The quantitative estimate of drug-likeness (QED) is 0.204. The van der Waals surface area contributed by atoms with Gasteiger partial charge in [0.1, 0.15) is 12.4 Å². The first-order valence-electron chi connectivity index (χ1n) is 11.7. The van der Waals surface area contributed by atoms with Gasteiger partial charge in [-0.25, -0.2) is 4.98 Å². The van der Waals surface area contributed by atoms with E-state index < -0.39 is 5.41 Å². The first-order chi connectivity index (χ1) is 17.6. The number of nitrogens with zero attached hydrogens (tertiary/aromatic N) is 3. The van der Waals surface area contributed by atoms with Gasteiger partial charge in [0.25, 0.3) is 5.56 Å². The highest BCUT2D eigenvalue weighted by Crippen LogP contribution is 2.37. The molecule has 0 aliphatic carbocycles. The molecule has 3 aromatic carbocycles. The van der Waals surface area contributed by atoms with Gasteiger partial charge in [0.05, 0.1) is 28.7 Å². The fourth-order valence-corrected chi connectivity index (χ4v) is 4.52. The van der Waals surface area contributed by atoms with Gasteiger partial charge in [-0.1, -0.05) is 78.1 Å². The van der Waals surface area contributed by atoms with E-state index in [1.165, 1.54) is 4.68 Å². The number of rotatable bonds is 7. The van der Waals surface area contributed by atoms with Gasteiger partial charge in [-0.15, -0.1) is 0 Å². The smallest absolute Gasteiger partial charge is 0.282 e. The molecule has 1 heterocycles. The van der Waals surface area contributed by atoms with E-state index in [0.29, 0.717) is 50.4 Å². The largest absolute Gasteiger partial charge is 0.490 e. The molecule has 4 rings (SSSR count). The van der Waals surface area contributed by atoms with E-state index >= 15 is 0 Å². The predicted molar refractivity (Wildman–Crippen MR) is 154 cm³/mol. The van der Waals surface area contributed by atoms with Gasteiger partial charge in [0, 0.05) is 20.5 Å². The fraction of sp³-hybridized carbons (Fsp3) is 0.250. The zero-order valence-corrected chi connectivity index (χ0v) is 24.0. The SMILES string of the molecule is CCOc1cc(C=Nn2c(C(C)(C)C)nc3ccc(Br)cc3c2=O)cc(Cl)c1OCc1ccccc1Cl. The molecule has 0 saturated carbocycles. The normalized spacial score (nSPS) is 11.9. The van der Waals surface area contributed by atoms with E-state index in [1.807, 2.05) is 58.0 Å². The van der Waals surface area contributed by atoms with Crippen LogP contribution in [0, 0.1) is 0 Å². The second-order valence-electron chi connectivity index (χ2n) is 9.35. The molecule has 0 bridgehead atoms. The van der Waals surface area contributed by atoms with Crippen LogP contribution in [0.3, 0.4) is 0 Å². The van der Waals surface area contributed by atoms with Crippen LogP contribution < -0.4 is 15.0 Å². The molecular formula is C28H26BrCl2N3O3. The molecule has 1 aromatic heterocycles. The van der Waals surface area contributed by atoms with Gasteiger partial charge in [0.2, 0.25) is 0 Å². The van der Waals surface area contributed by atoms with Gasteiger partial charge in [0.15, 0.2) is 11.5 Å². The van der Waals surface area contributed by atoms with Crippen molar-refractivity contribution in [2.24, 2.45) is 5.10 Å². The van der Waals surface area contributed by atoms with Crippen molar-refractivity contribution in [1.82, 2.24) is 9.66 Å². The van der Waals surface area contributed by atoms with Crippen LogP contribution in [0.1, 0.15) is 44.6 Å². The van der Waals surface area contributed by atoms with Gasteiger partial charge in [-0.2, -0.15) is 9.78 Å². The van der Waals surface area contributed by atoms with Crippen molar-refractivity contribution in [3.05, 3.63) is 96.4 Å². The Morgan fingerprint density at radius 1 is 1.05 bits per heavy atom. The molecule has 192 valence electrons. The highest BCUT2D eigenvalue weighted by Gasteiger charge is 2.23. The summed E-state index contributed by atoms with van der Waals surface area (Å²) in [6, 6.07) is 16.4. The number of hydrogen-bond donors (Lipinski definition) is 0. The summed E-state index contributed by atoms with van der Waals surface area (Å²) >= 11 is 16.3. The van der Waals surface area contributed by atoms with Crippen molar-refractivity contribution < 1.29 is 9.47 Å². The molecule has 0 fully saturated rings. The average Bonchev–Trinajstić information content (AvgIpc) is 2.83. The Balaban J connectivity index is 1.74. The number of fused-ring (bicyclic) bond motifs is 1. The van der Waals surface area contributed by atoms with Crippen LogP contribution in [-0.4, -0.2) is 22.5 Å². The Morgan fingerprint density at radius 3 is 2.51 bits per heavy atom. The lowest BCUT2D eigenvalue weighted by molar-refractivity contribution is 0.269. The standard InChI is InChI=1S/C28H26BrCl2N3O3/c1-5-36-24-13-17(12-22(31)25(24)37-16-18-8-6-7-9-21(18)30)15-32-34-26(35)20-14-19(29)10-11-23(20)33-27(34)28(2,3)4/h6-15H,5,16H2,1-4H3. The lowest BCUT2D eigenvalue weighted by atomic mass is 9.95. The van der Waals surface area contributed by atoms with Crippen LogP contribution in [0.4, 0.5) is 0 Å². The molecule has 0 atom stereocenters. The van der Waals surface area contributed by atoms with E-state index in [2.05, 4.69) is 21.0 Å². The van der Waals surface area contributed by atoms with Crippen LogP contribution in [0.25, 0.3) is 10.9 Å². The Morgan fingerprint density at radius 2 is 1.81 bits per heavy atom. The van der Waals surface area contributed by atoms with Crippen molar-refractivity contribution in [3.8, 4) is 11.5 Å². The van der Waals surface area contributed by atoms with Gasteiger partial charge >= 0.3 is 0 Å². The second-order valence-corrected chi connectivity index (χ2v) is 11.1. The Hall–Kier alpha value is -2.87. The van der Waals surface area contributed by atoms with Crippen LogP contribution in [0.2, 0.25) is 10.0 Å². The van der Waals surface area contributed by atoms with E-state index in [0.717, 1.165) is 10.0 Å². The second kappa shape index (κ2) is 11.3. The number of benzene rings is 3. The van der Waals surface area contributed by atoms with E-state index in [9.17, 15) is 4.79 Å². The van der Waals surface area contributed by atoms with E-state index in [4.69, 9.17) is 37.7 Å². The highest BCUT2D eigenvalue weighted by molar-refractivity contribution is 9.10. The third-order valence-corrected chi connectivity index (χ3v) is 6.61. The van der Waals surface area contributed by atoms with E-state index in [-0.39, 0.29) is 12.2 Å². The Labute approximate surface area is 234 Å². The van der Waals surface area contributed by atoms with Crippen molar-refractivity contribution in [3.63, 3.8) is 0 Å². The number of aromatic nitrogens is 2. The summed E-state index contributed by atoms with van der Waals surface area (Å²) in [6.45, 7) is 8.48. The molecule has 0 spiro atoms. The van der Waals surface area contributed by atoms with Gasteiger partial charge in [-0.05, 0) is 48.9 Å². The van der Waals surface area contributed by atoms with Gasteiger partial charge in [-0.3, -0.25) is 4.79 Å². The van der Waals surface area contributed by atoms with E-state index in [1.54, 1.807) is 30.5 Å². The summed E-state index contributed by atoms with van der Waals surface area (Å²) < 4.78 is 13.9. The molecule has 0 aliphatic rings. The Bertz CT molecular complexity index is 1540. The molecule has 9 heteroatoms. The topological polar surface area (TPSA) is 65.7 Å². The number of hydrogen-bond acceptors (Lipinski definition) is 5. The Kier molecular flexibility index (Phi) is 8.26. The summed E-state index contributed by atoms with van der Waals surface area (Å²) in [5.41, 5.74) is 1.40. The summed E-state index contributed by atoms with van der Waals surface area (Å²) in [7, 11) is 0. The minimum absolute atomic E-state index is 0.232. The summed E-state index contributed by atoms with van der Waals surface area (Å²) in [5.74, 6) is 1.41. The first-order valence-corrected chi connectivity index (χ1v) is 13.2. The maximum absolute atomic E-state index is 13.4. The summed E-state index contributed by atoms with van der Waals surface area (Å²) in [5, 5.41) is 5.95. The van der Waals surface area contributed by atoms with Crippen molar-refractivity contribution in [1.29, 1.82) is 0 Å².